The third-order valence-electron chi connectivity index (χ3n) is 8.16. The summed E-state index contributed by atoms with van der Waals surface area (Å²) >= 11 is 0. The highest BCUT2D eigenvalue weighted by molar-refractivity contribution is 6.09. The molecule has 8 rings (SSSR count). The Hall–Kier alpha value is -5.80. The first-order chi connectivity index (χ1) is 21.3. The Labute approximate surface area is 250 Å². The molecule has 3 aromatic heterocycles. The number of hydrogen-bond donors (Lipinski definition) is 0. The smallest absolute Gasteiger partial charge is 0.0541 e. The van der Waals surface area contributed by atoms with Gasteiger partial charge in [-0.2, -0.15) is 0 Å². The minimum absolute atomic E-state index is 1.08. The summed E-state index contributed by atoms with van der Waals surface area (Å²) in [7, 11) is 0. The van der Waals surface area contributed by atoms with Gasteiger partial charge in [-0.1, -0.05) is 84.9 Å². The molecule has 5 aromatic carbocycles. The van der Waals surface area contributed by atoms with Crippen LogP contribution in [0.4, 0.5) is 0 Å². The number of aromatic nitrogens is 3. The highest BCUT2D eigenvalue weighted by Crippen LogP contribution is 2.39. The van der Waals surface area contributed by atoms with Gasteiger partial charge < -0.3 is 4.57 Å². The monoisotopic (exact) mass is 549 g/mol. The highest BCUT2D eigenvalue weighted by atomic mass is 15.0. The van der Waals surface area contributed by atoms with E-state index in [2.05, 4.69) is 142 Å². The molecule has 0 fully saturated rings. The average molecular weight is 550 g/mol. The molecule has 0 amide bonds. The van der Waals surface area contributed by atoms with Gasteiger partial charge in [0.1, 0.15) is 0 Å². The first-order valence-electron chi connectivity index (χ1n) is 14.5. The van der Waals surface area contributed by atoms with Crippen molar-refractivity contribution in [3.8, 4) is 50.2 Å². The fourth-order valence-corrected chi connectivity index (χ4v) is 6.18. The Bertz CT molecular complexity index is 2120. The predicted octanol–water partition coefficient (Wildman–Crippen LogP) is 10.2. The number of pyridine rings is 2. The van der Waals surface area contributed by atoms with Crippen LogP contribution in [0, 0.1) is 0 Å². The SMILES string of the molecule is c1cncc(-c2cc(-c3cccnc3)cc(-c3ccccc3-c3cccc(-n4c5ccccc5c5ccccc54)c3)c2)c1. The van der Waals surface area contributed by atoms with E-state index in [4.69, 9.17) is 0 Å². The van der Waals surface area contributed by atoms with Gasteiger partial charge in [0.05, 0.1) is 11.0 Å². The maximum absolute atomic E-state index is 4.39. The summed E-state index contributed by atoms with van der Waals surface area (Å²) in [4.78, 5) is 8.79. The van der Waals surface area contributed by atoms with Crippen LogP contribution in [0.3, 0.4) is 0 Å². The van der Waals surface area contributed by atoms with Gasteiger partial charge >= 0.3 is 0 Å². The molecule has 0 bridgehead atoms. The van der Waals surface area contributed by atoms with Crippen LogP contribution in [0.1, 0.15) is 0 Å². The van der Waals surface area contributed by atoms with Crippen LogP contribution in [-0.4, -0.2) is 14.5 Å². The first kappa shape index (κ1) is 25.0. The van der Waals surface area contributed by atoms with E-state index in [0.29, 0.717) is 0 Å². The predicted molar refractivity (Wildman–Crippen MR) is 178 cm³/mol. The van der Waals surface area contributed by atoms with Gasteiger partial charge in [0, 0.05) is 52.4 Å². The molecule has 3 heterocycles. The molecule has 0 aliphatic heterocycles. The van der Waals surface area contributed by atoms with Crippen molar-refractivity contribution < 1.29 is 0 Å². The molecule has 0 atom stereocenters. The summed E-state index contributed by atoms with van der Waals surface area (Å²) in [6.07, 6.45) is 7.48. The summed E-state index contributed by atoms with van der Waals surface area (Å²) in [6.45, 7) is 0. The van der Waals surface area contributed by atoms with Crippen molar-refractivity contribution in [2.75, 3.05) is 0 Å². The molecule has 202 valence electrons. The summed E-state index contributed by atoms with van der Waals surface area (Å²) in [5.41, 5.74) is 12.7. The lowest BCUT2D eigenvalue weighted by molar-refractivity contribution is 1.18. The van der Waals surface area contributed by atoms with Gasteiger partial charge in [-0.3, -0.25) is 9.97 Å². The molecule has 0 saturated heterocycles. The van der Waals surface area contributed by atoms with Gasteiger partial charge in [0.15, 0.2) is 0 Å². The zero-order valence-electron chi connectivity index (χ0n) is 23.4. The Kier molecular flexibility index (Phi) is 6.12. The summed E-state index contributed by atoms with van der Waals surface area (Å²) < 4.78 is 2.38. The van der Waals surface area contributed by atoms with Crippen LogP contribution in [0.2, 0.25) is 0 Å². The minimum Gasteiger partial charge on any atom is -0.309 e. The number of benzene rings is 5. The largest absolute Gasteiger partial charge is 0.309 e. The van der Waals surface area contributed by atoms with Crippen molar-refractivity contribution in [3.05, 3.63) is 164 Å². The Morgan fingerprint density at radius 2 is 0.884 bits per heavy atom. The Balaban J connectivity index is 1.31. The van der Waals surface area contributed by atoms with E-state index >= 15 is 0 Å². The van der Waals surface area contributed by atoms with E-state index in [1.54, 1.807) is 0 Å². The molecule has 0 radical (unpaired) electrons. The summed E-state index contributed by atoms with van der Waals surface area (Å²) in [5, 5.41) is 2.53. The van der Waals surface area contributed by atoms with Gasteiger partial charge in [-0.05, 0) is 88.0 Å². The van der Waals surface area contributed by atoms with Crippen molar-refractivity contribution in [1.29, 1.82) is 0 Å². The highest BCUT2D eigenvalue weighted by Gasteiger charge is 2.15. The maximum Gasteiger partial charge on any atom is 0.0541 e. The molecule has 3 heteroatoms. The molecule has 0 unspecified atom stereocenters. The van der Waals surface area contributed by atoms with Crippen LogP contribution in [0.25, 0.3) is 72.0 Å². The molecule has 43 heavy (non-hydrogen) atoms. The van der Waals surface area contributed by atoms with Gasteiger partial charge in [0.2, 0.25) is 0 Å². The van der Waals surface area contributed by atoms with E-state index in [-0.39, 0.29) is 0 Å². The minimum atomic E-state index is 1.08. The molecular weight excluding hydrogens is 522 g/mol. The number of para-hydroxylation sites is 2. The number of fused-ring (bicyclic) bond motifs is 3. The average Bonchev–Trinajstić information content (AvgIpc) is 3.43. The van der Waals surface area contributed by atoms with Crippen molar-refractivity contribution in [3.63, 3.8) is 0 Å². The molecule has 0 aliphatic rings. The molecular formula is C40H27N3. The zero-order valence-corrected chi connectivity index (χ0v) is 23.4. The summed E-state index contributed by atoms with van der Waals surface area (Å²) in [5.74, 6) is 0. The fourth-order valence-electron chi connectivity index (χ4n) is 6.18. The first-order valence-corrected chi connectivity index (χ1v) is 14.5. The van der Waals surface area contributed by atoms with E-state index in [1.165, 1.54) is 38.5 Å². The van der Waals surface area contributed by atoms with Crippen molar-refractivity contribution in [2.24, 2.45) is 0 Å². The Morgan fingerprint density at radius 3 is 1.47 bits per heavy atom. The van der Waals surface area contributed by atoms with Gasteiger partial charge in [-0.25, -0.2) is 0 Å². The molecule has 8 aromatic rings. The van der Waals surface area contributed by atoms with Crippen LogP contribution in [-0.2, 0) is 0 Å². The third kappa shape index (κ3) is 4.48. The van der Waals surface area contributed by atoms with Crippen molar-refractivity contribution >= 4 is 21.8 Å². The molecule has 0 spiro atoms. The topological polar surface area (TPSA) is 30.7 Å². The standard InChI is InChI=1S/C40H27N3/c1-2-15-36(33-23-31(29-11-8-20-41-26-29)22-32(24-33)30-12-9-21-42-27-30)35(14-1)28-10-7-13-34(25-28)43-39-18-5-3-16-37(39)38-17-4-6-19-40(38)43/h1-27H. The van der Waals surface area contributed by atoms with Crippen LogP contribution in [0.15, 0.2) is 164 Å². The van der Waals surface area contributed by atoms with Crippen molar-refractivity contribution in [2.45, 2.75) is 0 Å². The van der Waals surface area contributed by atoms with Crippen LogP contribution < -0.4 is 0 Å². The van der Waals surface area contributed by atoms with E-state index in [1.807, 2.05) is 36.9 Å². The fraction of sp³-hybridized carbons (Fsp3) is 0. The van der Waals surface area contributed by atoms with Gasteiger partial charge in [0.25, 0.3) is 0 Å². The normalized spacial score (nSPS) is 11.3. The third-order valence-corrected chi connectivity index (χ3v) is 8.16. The Morgan fingerprint density at radius 1 is 0.372 bits per heavy atom. The molecule has 0 N–H and O–H groups in total. The second-order valence-electron chi connectivity index (χ2n) is 10.7. The molecule has 3 nitrogen and oxygen atoms in total. The van der Waals surface area contributed by atoms with E-state index in [9.17, 15) is 0 Å². The zero-order chi connectivity index (χ0) is 28.6. The number of hydrogen-bond acceptors (Lipinski definition) is 2. The van der Waals surface area contributed by atoms with Crippen LogP contribution >= 0.6 is 0 Å². The molecule has 0 saturated carbocycles. The lowest BCUT2D eigenvalue weighted by atomic mass is 9.90. The lowest BCUT2D eigenvalue weighted by Gasteiger charge is -2.15. The van der Waals surface area contributed by atoms with Crippen LogP contribution in [0.5, 0.6) is 0 Å². The van der Waals surface area contributed by atoms with Gasteiger partial charge in [-0.15, -0.1) is 0 Å². The summed E-state index contributed by atoms with van der Waals surface area (Å²) in [6, 6.07) is 49.8. The maximum atomic E-state index is 4.39. The van der Waals surface area contributed by atoms with E-state index in [0.717, 1.165) is 33.5 Å². The molecule has 0 aliphatic carbocycles. The second-order valence-corrected chi connectivity index (χ2v) is 10.7. The quantitative estimate of drug-likeness (QED) is 0.214. The number of nitrogens with zero attached hydrogens (tertiary/aromatic N) is 3. The second kappa shape index (κ2) is 10.6. The lowest BCUT2D eigenvalue weighted by Crippen LogP contribution is -1.95. The van der Waals surface area contributed by atoms with E-state index < -0.39 is 0 Å². The van der Waals surface area contributed by atoms with Crippen molar-refractivity contribution in [1.82, 2.24) is 14.5 Å². The number of rotatable bonds is 5.